The summed E-state index contributed by atoms with van der Waals surface area (Å²) in [6.07, 6.45) is 2.29. The molecule has 0 aliphatic carbocycles. The molecule has 3 aromatic rings. The number of aryl methyl sites for hydroxylation is 1. The number of aromatic nitrogens is 2. The Bertz CT molecular complexity index is 1200. The van der Waals surface area contributed by atoms with Crippen LogP contribution >= 0.6 is 0 Å². The summed E-state index contributed by atoms with van der Waals surface area (Å²) in [5.41, 5.74) is 3.28. The van der Waals surface area contributed by atoms with Crippen molar-refractivity contribution in [3.63, 3.8) is 0 Å². The van der Waals surface area contributed by atoms with E-state index in [4.69, 9.17) is 9.72 Å². The lowest BCUT2D eigenvalue weighted by molar-refractivity contribution is -0.141. The Balaban J connectivity index is 2.00. The molecule has 0 fully saturated rings. The molecule has 0 radical (unpaired) electrons. The summed E-state index contributed by atoms with van der Waals surface area (Å²) in [5, 5.41) is 15.2. The van der Waals surface area contributed by atoms with Crippen LogP contribution in [0.15, 0.2) is 42.6 Å². The van der Waals surface area contributed by atoms with Crippen LogP contribution in [0.5, 0.6) is 0 Å². The summed E-state index contributed by atoms with van der Waals surface area (Å²) >= 11 is 0. The Labute approximate surface area is 198 Å². The number of benzene rings is 1. The van der Waals surface area contributed by atoms with Crippen LogP contribution in [0.2, 0.25) is 0 Å². The maximum Gasteiger partial charge on any atom is 0.326 e. The number of aliphatic carboxylic acids is 1. The second-order valence-electron chi connectivity index (χ2n) is 8.10. The average molecular weight is 467 g/mol. The van der Waals surface area contributed by atoms with E-state index in [1.807, 2.05) is 38.1 Å². The maximum atomic E-state index is 12.8. The third-order valence-electron chi connectivity index (χ3n) is 5.76. The number of amides is 1. The summed E-state index contributed by atoms with van der Waals surface area (Å²) in [7, 11) is 0. The van der Waals surface area contributed by atoms with Gasteiger partial charge >= 0.3 is 11.9 Å². The van der Waals surface area contributed by atoms with E-state index in [1.165, 1.54) is 0 Å². The van der Waals surface area contributed by atoms with E-state index in [2.05, 4.69) is 10.6 Å². The third kappa shape index (κ3) is 5.36. The highest BCUT2D eigenvalue weighted by atomic mass is 16.5. The van der Waals surface area contributed by atoms with E-state index < -0.39 is 23.9 Å². The standard InChI is InChI=1S/C25H30N4O5/c1-5-15(3)21(25(32)33)28-24(31)17-11-12-29-19(13-17)27-22(18-10-8-7-9-16(18)4)23(29)26-14-20(30)34-6-2/h7-13,15,21,26H,5-6,14H2,1-4H3,(H,28,31)(H,32,33). The molecule has 0 bridgehead atoms. The number of esters is 1. The molecule has 0 aliphatic rings. The maximum absolute atomic E-state index is 12.8. The molecule has 2 heterocycles. The van der Waals surface area contributed by atoms with Gasteiger partial charge in [-0.3, -0.25) is 14.0 Å². The highest BCUT2D eigenvalue weighted by Crippen LogP contribution is 2.31. The van der Waals surface area contributed by atoms with Crippen molar-refractivity contribution in [2.24, 2.45) is 5.92 Å². The first-order chi connectivity index (χ1) is 16.3. The molecule has 0 saturated heterocycles. The number of imidazole rings is 1. The largest absolute Gasteiger partial charge is 0.480 e. The van der Waals surface area contributed by atoms with Gasteiger partial charge in [-0.2, -0.15) is 0 Å². The van der Waals surface area contributed by atoms with Crippen LogP contribution in [-0.4, -0.2) is 51.5 Å². The minimum atomic E-state index is -1.07. The van der Waals surface area contributed by atoms with Gasteiger partial charge in [0.25, 0.3) is 5.91 Å². The van der Waals surface area contributed by atoms with Gasteiger partial charge in [-0.1, -0.05) is 44.5 Å². The predicted octanol–water partition coefficient (Wildman–Crippen LogP) is 3.51. The van der Waals surface area contributed by atoms with Crippen molar-refractivity contribution in [3.05, 3.63) is 53.7 Å². The zero-order valence-corrected chi connectivity index (χ0v) is 19.8. The van der Waals surface area contributed by atoms with Crippen molar-refractivity contribution in [3.8, 4) is 11.3 Å². The first-order valence-corrected chi connectivity index (χ1v) is 11.3. The molecule has 2 aromatic heterocycles. The lowest BCUT2D eigenvalue weighted by Gasteiger charge is -2.20. The number of nitrogens with zero attached hydrogens (tertiary/aromatic N) is 2. The fraction of sp³-hybridized carbons (Fsp3) is 0.360. The van der Waals surface area contributed by atoms with Gasteiger partial charge in [0, 0.05) is 17.3 Å². The Kier molecular flexibility index (Phi) is 7.88. The van der Waals surface area contributed by atoms with Crippen molar-refractivity contribution in [1.82, 2.24) is 14.7 Å². The molecule has 0 spiro atoms. The van der Waals surface area contributed by atoms with Crippen molar-refractivity contribution < 1.29 is 24.2 Å². The molecule has 1 aromatic carbocycles. The predicted molar refractivity (Wildman–Crippen MR) is 129 cm³/mol. The molecule has 9 nitrogen and oxygen atoms in total. The molecule has 3 rings (SSSR count). The van der Waals surface area contributed by atoms with Gasteiger partial charge in [0.15, 0.2) is 0 Å². The molecule has 3 N–H and O–H groups in total. The molecule has 1 amide bonds. The number of carboxylic acid groups (broad SMARTS) is 1. The van der Waals surface area contributed by atoms with Gasteiger partial charge in [-0.05, 0) is 37.5 Å². The zero-order valence-electron chi connectivity index (χ0n) is 19.8. The van der Waals surface area contributed by atoms with E-state index in [0.717, 1.165) is 11.1 Å². The minimum Gasteiger partial charge on any atom is -0.480 e. The topological polar surface area (TPSA) is 122 Å². The summed E-state index contributed by atoms with van der Waals surface area (Å²) in [6.45, 7) is 7.61. The van der Waals surface area contributed by atoms with Crippen LogP contribution < -0.4 is 10.6 Å². The van der Waals surface area contributed by atoms with E-state index in [0.29, 0.717) is 29.1 Å². The number of carbonyl (C=O) groups excluding carboxylic acids is 2. The lowest BCUT2D eigenvalue weighted by Crippen LogP contribution is -2.45. The third-order valence-corrected chi connectivity index (χ3v) is 5.76. The number of rotatable bonds is 10. The Hall–Kier alpha value is -3.88. The second kappa shape index (κ2) is 10.8. The Morgan fingerprint density at radius 2 is 1.91 bits per heavy atom. The number of carboxylic acids is 1. The number of pyridine rings is 1. The normalized spacial score (nSPS) is 12.7. The quantitative estimate of drug-likeness (QED) is 0.391. The van der Waals surface area contributed by atoms with Gasteiger partial charge in [0.1, 0.15) is 29.7 Å². The van der Waals surface area contributed by atoms with Crippen molar-refractivity contribution in [2.75, 3.05) is 18.5 Å². The first-order valence-electron chi connectivity index (χ1n) is 11.3. The van der Waals surface area contributed by atoms with Gasteiger partial charge in [-0.25, -0.2) is 9.78 Å². The van der Waals surface area contributed by atoms with Crippen molar-refractivity contribution in [2.45, 2.75) is 40.2 Å². The molecule has 180 valence electrons. The van der Waals surface area contributed by atoms with Crippen LogP contribution in [0, 0.1) is 12.8 Å². The smallest absolute Gasteiger partial charge is 0.326 e. The fourth-order valence-corrected chi connectivity index (χ4v) is 3.66. The Morgan fingerprint density at radius 1 is 1.18 bits per heavy atom. The number of fused-ring (bicyclic) bond motifs is 1. The number of hydrogen-bond donors (Lipinski definition) is 3. The van der Waals surface area contributed by atoms with Crippen LogP contribution in [0.1, 0.15) is 43.1 Å². The van der Waals surface area contributed by atoms with Gasteiger partial charge in [0.2, 0.25) is 0 Å². The first kappa shape index (κ1) is 24.8. The summed E-state index contributed by atoms with van der Waals surface area (Å²) in [5.74, 6) is -1.59. The molecule has 9 heteroatoms. The molecule has 34 heavy (non-hydrogen) atoms. The Morgan fingerprint density at radius 3 is 2.56 bits per heavy atom. The van der Waals surface area contributed by atoms with Crippen LogP contribution in [0.3, 0.4) is 0 Å². The van der Waals surface area contributed by atoms with Gasteiger partial charge < -0.3 is 20.5 Å². The zero-order chi connectivity index (χ0) is 24.8. The average Bonchev–Trinajstić information content (AvgIpc) is 3.18. The van der Waals surface area contributed by atoms with Crippen molar-refractivity contribution >= 4 is 29.3 Å². The van der Waals surface area contributed by atoms with Crippen LogP contribution in [0.25, 0.3) is 16.9 Å². The second-order valence-corrected chi connectivity index (χ2v) is 8.10. The SMILES string of the molecule is CCOC(=O)CNc1c(-c2ccccc2C)nc2cc(C(=O)NC(C(=O)O)C(C)CC)ccn12. The van der Waals surface area contributed by atoms with E-state index >= 15 is 0 Å². The van der Waals surface area contributed by atoms with Crippen molar-refractivity contribution in [1.29, 1.82) is 0 Å². The fourth-order valence-electron chi connectivity index (χ4n) is 3.66. The van der Waals surface area contributed by atoms with Gasteiger partial charge in [-0.15, -0.1) is 0 Å². The number of anilines is 1. The molecule has 2 unspecified atom stereocenters. The summed E-state index contributed by atoms with van der Waals surface area (Å²) in [6, 6.07) is 9.94. The van der Waals surface area contributed by atoms with E-state index in [1.54, 1.807) is 36.6 Å². The summed E-state index contributed by atoms with van der Waals surface area (Å²) < 4.78 is 6.78. The van der Waals surface area contributed by atoms with E-state index in [9.17, 15) is 19.5 Å². The highest BCUT2D eigenvalue weighted by Gasteiger charge is 2.26. The number of carbonyl (C=O) groups is 3. The number of nitrogens with one attached hydrogen (secondary N) is 2. The van der Waals surface area contributed by atoms with Crippen LogP contribution in [-0.2, 0) is 14.3 Å². The molecular formula is C25H30N4O5. The number of hydrogen-bond acceptors (Lipinski definition) is 6. The minimum absolute atomic E-state index is 0.0437. The molecule has 0 aliphatic heterocycles. The van der Waals surface area contributed by atoms with Gasteiger partial charge in [0.05, 0.1) is 6.61 Å². The summed E-state index contributed by atoms with van der Waals surface area (Å²) in [4.78, 5) is 41.1. The number of ether oxygens (including phenoxy) is 1. The van der Waals surface area contributed by atoms with Crippen LogP contribution in [0.4, 0.5) is 5.82 Å². The lowest BCUT2D eigenvalue weighted by atomic mass is 9.99. The highest BCUT2D eigenvalue weighted by molar-refractivity contribution is 5.97. The monoisotopic (exact) mass is 466 g/mol. The van der Waals surface area contributed by atoms with E-state index in [-0.39, 0.29) is 19.1 Å². The molecule has 0 saturated carbocycles. The molecular weight excluding hydrogens is 436 g/mol. The molecule has 2 atom stereocenters.